The van der Waals surface area contributed by atoms with Crippen molar-refractivity contribution >= 4 is 61.4 Å². The van der Waals surface area contributed by atoms with E-state index >= 15 is 0 Å². The maximum absolute atomic E-state index is 12.7. The molecule has 3 aromatic carbocycles. The van der Waals surface area contributed by atoms with Gasteiger partial charge in [0.2, 0.25) is 15.2 Å². The summed E-state index contributed by atoms with van der Waals surface area (Å²) in [6, 6.07) is 23.4. The van der Waals surface area contributed by atoms with Crippen LogP contribution in [0.5, 0.6) is 0 Å². The summed E-state index contributed by atoms with van der Waals surface area (Å²) in [4.78, 5) is 12.7. The normalized spacial score (nSPS) is 11.3. The first-order valence-electron chi connectivity index (χ1n) is 10.4. The Balaban J connectivity index is 1.40. The molecular weight excluding hydrogens is 524 g/mol. The molecule has 0 aliphatic rings. The minimum atomic E-state index is -3.55. The van der Waals surface area contributed by atoms with E-state index in [0.29, 0.717) is 21.4 Å². The quantitative estimate of drug-likeness (QED) is 0.214. The molecule has 0 saturated carbocycles. The lowest BCUT2D eigenvalue weighted by molar-refractivity contribution is 0.102. The molecule has 1 heterocycles. The summed E-state index contributed by atoms with van der Waals surface area (Å²) in [6.45, 7) is 0.149. The van der Waals surface area contributed by atoms with E-state index in [9.17, 15) is 13.2 Å². The van der Waals surface area contributed by atoms with Gasteiger partial charge in [0.15, 0.2) is 4.34 Å². The third-order valence-corrected chi connectivity index (χ3v) is 8.33. The molecule has 11 heteroatoms. The SMILES string of the molecule is CS(=O)(=O)N(Cc1ccc(Cl)cc1)c1ccc(C(=O)Nc2nnc(SCc3ccccc3)s2)cc1. The Bertz CT molecular complexity index is 1390. The van der Waals surface area contributed by atoms with E-state index in [1.165, 1.54) is 21.2 Å². The highest BCUT2D eigenvalue weighted by Crippen LogP contribution is 2.29. The number of nitrogens with one attached hydrogen (secondary N) is 1. The number of nitrogens with zero attached hydrogens (tertiary/aromatic N) is 3. The van der Waals surface area contributed by atoms with Gasteiger partial charge in [0.1, 0.15) is 0 Å². The highest BCUT2D eigenvalue weighted by atomic mass is 35.5. The Hall–Kier alpha value is -2.92. The summed E-state index contributed by atoms with van der Waals surface area (Å²) in [5.74, 6) is 0.411. The monoisotopic (exact) mass is 544 g/mol. The Kier molecular flexibility index (Phi) is 8.07. The Labute approximate surface area is 217 Å². The standard InChI is InChI=1S/C24H21ClN4O3S3/c1-35(31,32)29(15-17-7-11-20(25)12-8-17)21-13-9-19(10-14-21)22(30)26-23-27-28-24(34-23)33-16-18-5-3-2-4-6-18/h2-14H,15-16H2,1H3,(H,26,27,30). The van der Waals surface area contributed by atoms with Crippen LogP contribution in [0.1, 0.15) is 21.5 Å². The summed E-state index contributed by atoms with van der Waals surface area (Å²) >= 11 is 8.77. The lowest BCUT2D eigenvalue weighted by Crippen LogP contribution is -2.29. The average molecular weight is 545 g/mol. The number of sulfonamides is 1. The number of thioether (sulfide) groups is 1. The smallest absolute Gasteiger partial charge is 0.257 e. The number of amides is 1. The van der Waals surface area contributed by atoms with Crippen LogP contribution in [0.15, 0.2) is 83.2 Å². The van der Waals surface area contributed by atoms with E-state index in [2.05, 4.69) is 15.5 Å². The molecule has 35 heavy (non-hydrogen) atoms. The van der Waals surface area contributed by atoms with Gasteiger partial charge in [0.25, 0.3) is 5.91 Å². The maximum atomic E-state index is 12.7. The summed E-state index contributed by atoms with van der Waals surface area (Å²) in [7, 11) is -3.55. The van der Waals surface area contributed by atoms with Gasteiger partial charge < -0.3 is 0 Å². The number of carbonyl (C=O) groups excluding carboxylic acids is 1. The minimum absolute atomic E-state index is 0.149. The van der Waals surface area contributed by atoms with Crippen molar-refractivity contribution < 1.29 is 13.2 Å². The first kappa shape index (κ1) is 25.2. The van der Waals surface area contributed by atoms with Crippen LogP contribution in [0.25, 0.3) is 0 Å². The summed E-state index contributed by atoms with van der Waals surface area (Å²) < 4.78 is 26.9. The number of hydrogen-bond donors (Lipinski definition) is 1. The molecule has 4 aromatic rings. The predicted octanol–water partition coefficient (Wildman–Crippen LogP) is 5.70. The van der Waals surface area contributed by atoms with Gasteiger partial charge in [-0.05, 0) is 47.5 Å². The lowest BCUT2D eigenvalue weighted by Gasteiger charge is -2.22. The van der Waals surface area contributed by atoms with Crippen LogP contribution >= 0.6 is 34.7 Å². The average Bonchev–Trinajstić information content (AvgIpc) is 3.29. The topological polar surface area (TPSA) is 92.3 Å². The third-order valence-electron chi connectivity index (χ3n) is 4.89. The number of anilines is 2. The summed E-state index contributed by atoms with van der Waals surface area (Å²) in [5.41, 5.74) is 2.80. The van der Waals surface area contributed by atoms with Crippen LogP contribution in [-0.4, -0.2) is 30.8 Å². The van der Waals surface area contributed by atoms with Gasteiger partial charge in [0.05, 0.1) is 18.5 Å². The molecule has 1 amide bonds. The van der Waals surface area contributed by atoms with Crippen molar-refractivity contribution in [3.63, 3.8) is 0 Å². The molecule has 0 radical (unpaired) electrons. The van der Waals surface area contributed by atoms with Crippen LogP contribution in [0.4, 0.5) is 10.8 Å². The summed E-state index contributed by atoms with van der Waals surface area (Å²) in [6.07, 6.45) is 1.15. The van der Waals surface area contributed by atoms with Gasteiger partial charge in [-0.25, -0.2) is 8.42 Å². The number of halogens is 1. The first-order valence-corrected chi connectivity index (χ1v) is 14.4. The van der Waals surface area contributed by atoms with Gasteiger partial charge in [-0.15, -0.1) is 10.2 Å². The molecule has 0 fully saturated rings. The fourth-order valence-electron chi connectivity index (χ4n) is 3.14. The van der Waals surface area contributed by atoms with Crippen molar-refractivity contribution in [2.24, 2.45) is 0 Å². The van der Waals surface area contributed by atoms with Gasteiger partial charge in [-0.1, -0.05) is 77.2 Å². The fourth-order valence-corrected chi connectivity index (χ4v) is 5.86. The van der Waals surface area contributed by atoms with E-state index in [1.807, 2.05) is 30.3 Å². The van der Waals surface area contributed by atoms with Gasteiger partial charge in [0, 0.05) is 16.3 Å². The van der Waals surface area contributed by atoms with Crippen molar-refractivity contribution in [1.82, 2.24) is 10.2 Å². The lowest BCUT2D eigenvalue weighted by atomic mass is 10.2. The second-order valence-corrected chi connectivity index (χ2v) is 12.1. The molecule has 0 atom stereocenters. The molecule has 1 N–H and O–H groups in total. The van der Waals surface area contributed by atoms with Crippen molar-refractivity contribution in [2.75, 3.05) is 15.9 Å². The van der Waals surface area contributed by atoms with E-state index in [1.54, 1.807) is 60.3 Å². The molecule has 0 bridgehead atoms. The molecule has 0 spiro atoms. The zero-order valence-corrected chi connectivity index (χ0v) is 21.8. The molecule has 7 nitrogen and oxygen atoms in total. The van der Waals surface area contributed by atoms with Gasteiger partial charge >= 0.3 is 0 Å². The van der Waals surface area contributed by atoms with Gasteiger partial charge in [-0.2, -0.15) is 0 Å². The van der Waals surface area contributed by atoms with Gasteiger partial charge in [-0.3, -0.25) is 14.4 Å². The van der Waals surface area contributed by atoms with Crippen molar-refractivity contribution in [3.8, 4) is 0 Å². The maximum Gasteiger partial charge on any atom is 0.257 e. The molecule has 4 rings (SSSR count). The summed E-state index contributed by atoms with van der Waals surface area (Å²) in [5, 5.41) is 11.9. The Morgan fingerprint density at radius 1 is 0.971 bits per heavy atom. The third kappa shape index (κ3) is 7.04. The number of aromatic nitrogens is 2. The molecule has 0 saturated heterocycles. The highest BCUT2D eigenvalue weighted by molar-refractivity contribution is 8.00. The van der Waals surface area contributed by atoms with Crippen LogP contribution in [0.2, 0.25) is 5.02 Å². The van der Waals surface area contributed by atoms with Crippen molar-refractivity contribution in [1.29, 1.82) is 0 Å². The van der Waals surface area contributed by atoms with Crippen LogP contribution in [-0.2, 0) is 22.3 Å². The Morgan fingerprint density at radius 3 is 2.31 bits per heavy atom. The van der Waals surface area contributed by atoms with E-state index < -0.39 is 10.0 Å². The zero-order valence-electron chi connectivity index (χ0n) is 18.6. The second kappa shape index (κ2) is 11.2. The van der Waals surface area contributed by atoms with E-state index in [4.69, 9.17) is 11.6 Å². The highest BCUT2D eigenvalue weighted by Gasteiger charge is 2.19. The largest absolute Gasteiger partial charge is 0.296 e. The predicted molar refractivity (Wildman–Crippen MR) is 143 cm³/mol. The van der Waals surface area contributed by atoms with Crippen molar-refractivity contribution in [3.05, 3.63) is 101 Å². The Morgan fingerprint density at radius 2 is 1.66 bits per heavy atom. The molecule has 0 unspecified atom stereocenters. The molecule has 0 aliphatic heterocycles. The van der Waals surface area contributed by atoms with Crippen molar-refractivity contribution in [2.45, 2.75) is 16.6 Å². The van der Waals surface area contributed by atoms with Crippen LogP contribution in [0.3, 0.4) is 0 Å². The minimum Gasteiger partial charge on any atom is -0.296 e. The van der Waals surface area contributed by atoms with E-state index in [0.717, 1.165) is 21.9 Å². The van der Waals surface area contributed by atoms with Crippen LogP contribution in [0, 0.1) is 0 Å². The second-order valence-electron chi connectivity index (χ2n) is 7.54. The number of carbonyl (C=O) groups is 1. The first-order chi connectivity index (χ1) is 16.8. The number of benzene rings is 3. The van der Waals surface area contributed by atoms with E-state index in [-0.39, 0.29) is 12.5 Å². The molecular formula is C24H21ClN4O3S3. The number of rotatable bonds is 9. The molecule has 1 aromatic heterocycles. The zero-order chi connectivity index (χ0) is 24.8. The van der Waals surface area contributed by atoms with Crippen LogP contribution < -0.4 is 9.62 Å². The fraction of sp³-hybridized carbons (Fsp3) is 0.125. The molecule has 180 valence electrons. The number of hydrogen-bond acceptors (Lipinski definition) is 7. The molecule has 0 aliphatic carbocycles.